The summed E-state index contributed by atoms with van der Waals surface area (Å²) >= 11 is 0. The Kier molecular flexibility index (Phi) is 6.86. The average molecular weight is 321 g/mol. The summed E-state index contributed by atoms with van der Waals surface area (Å²) in [7, 11) is 4.86. The molecule has 0 spiro atoms. The highest BCUT2D eigenvalue weighted by Crippen LogP contribution is 2.28. The molecule has 1 fully saturated rings. The zero-order chi connectivity index (χ0) is 16.7. The number of hydrogen-bond donors (Lipinski definition) is 1. The van der Waals surface area contributed by atoms with Crippen LogP contribution in [0.3, 0.4) is 0 Å². The summed E-state index contributed by atoms with van der Waals surface area (Å²) in [5, 5.41) is 3.43. The minimum Gasteiger partial charge on any atom is -0.497 e. The van der Waals surface area contributed by atoms with Crippen LogP contribution in [0, 0.1) is 5.92 Å². The Morgan fingerprint density at radius 1 is 1.04 bits per heavy atom. The molecular weight excluding hydrogens is 294 g/mol. The second-order valence-corrected chi connectivity index (χ2v) is 5.91. The third kappa shape index (κ3) is 4.69. The highest BCUT2D eigenvalue weighted by molar-refractivity contribution is 5.82. The SMILES string of the molecule is COc1ccc(N[C@H](C(OC)OC)[C@@H]2CCCCCC2=O)cc1. The van der Waals surface area contributed by atoms with Gasteiger partial charge in [-0.2, -0.15) is 0 Å². The van der Waals surface area contributed by atoms with E-state index in [9.17, 15) is 4.79 Å². The lowest BCUT2D eigenvalue weighted by Gasteiger charge is -2.32. The van der Waals surface area contributed by atoms with Crippen LogP contribution in [0.25, 0.3) is 0 Å². The van der Waals surface area contributed by atoms with Crippen LogP contribution in [0.2, 0.25) is 0 Å². The molecule has 0 bridgehead atoms. The van der Waals surface area contributed by atoms with Gasteiger partial charge >= 0.3 is 0 Å². The molecule has 0 aromatic heterocycles. The van der Waals surface area contributed by atoms with Crippen LogP contribution in [-0.2, 0) is 14.3 Å². The van der Waals surface area contributed by atoms with E-state index in [0.717, 1.165) is 37.1 Å². The Balaban J connectivity index is 2.19. The average Bonchev–Trinajstić information content (AvgIpc) is 2.80. The molecule has 1 saturated carbocycles. The Morgan fingerprint density at radius 2 is 1.74 bits per heavy atom. The van der Waals surface area contributed by atoms with Crippen LogP contribution in [0.15, 0.2) is 24.3 Å². The zero-order valence-electron chi connectivity index (χ0n) is 14.2. The highest BCUT2D eigenvalue weighted by atomic mass is 16.7. The smallest absolute Gasteiger partial charge is 0.177 e. The van der Waals surface area contributed by atoms with Crippen molar-refractivity contribution in [3.63, 3.8) is 0 Å². The maximum absolute atomic E-state index is 12.5. The first-order valence-electron chi connectivity index (χ1n) is 8.18. The van der Waals surface area contributed by atoms with Gasteiger partial charge in [-0.1, -0.05) is 12.8 Å². The minimum absolute atomic E-state index is 0.0931. The molecule has 1 aromatic rings. The van der Waals surface area contributed by atoms with E-state index in [1.807, 2.05) is 24.3 Å². The van der Waals surface area contributed by atoms with E-state index in [1.54, 1.807) is 21.3 Å². The van der Waals surface area contributed by atoms with Crippen molar-refractivity contribution in [1.82, 2.24) is 0 Å². The molecule has 0 amide bonds. The lowest BCUT2D eigenvalue weighted by molar-refractivity contribution is -0.138. The fourth-order valence-electron chi connectivity index (χ4n) is 3.19. The largest absolute Gasteiger partial charge is 0.497 e. The molecule has 0 saturated heterocycles. The lowest BCUT2D eigenvalue weighted by Crippen LogP contribution is -2.45. The fourth-order valence-corrected chi connectivity index (χ4v) is 3.19. The van der Waals surface area contributed by atoms with Gasteiger partial charge in [-0.3, -0.25) is 4.79 Å². The standard InChI is InChI=1S/C18H27NO4/c1-21-14-11-9-13(10-12-14)19-17(18(22-2)23-3)15-7-5-4-6-8-16(15)20/h9-12,15,17-19H,4-8H2,1-3H3/t15-,17+/m1/s1. The van der Waals surface area contributed by atoms with Gasteiger partial charge in [0.25, 0.3) is 0 Å². The number of Topliss-reactive ketones (excluding diaryl/α,β-unsaturated/α-hetero) is 1. The molecule has 5 heteroatoms. The summed E-state index contributed by atoms with van der Waals surface area (Å²) in [6.45, 7) is 0. The van der Waals surface area contributed by atoms with Crippen molar-refractivity contribution in [2.45, 2.75) is 44.4 Å². The van der Waals surface area contributed by atoms with Crippen LogP contribution in [0.1, 0.15) is 32.1 Å². The number of anilines is 1. The number of methoxy groups -OCH3 is 3. The van der Waals surface area contributed by atoms with Gasteiger partial charge in [0.2, 0.25) is 0 Å². The van der Waals surface area contributed by atoms with Gasteiger partial charge in [-0.25, -0.2) is 0 Å². The van der Waals surface area contributed by atoms with Crippen LogP contribution in [-0.4, -0.2) is 39.4 Å². The Labute approximate surface area is 138 Å². The second-order valence-electron chi connectivity index (χ2n) is 5.91. The van der Waals surface area contributed by atoms with E-state index in [1.165, 1.54) is 0 Å². The molecule has 128 valence electrons. The molecule has 0 heterocycles. The molecule has 0 aliphatic heterocycles. The number of nitrogens with one attached hydrogen (secondary N) is 1. The molecule has 0 radical (unpaired) electrons. The van der Waals surface area contributed by atoms with Gasteiger partial charge in [0, 0.05) is 32.2 Å². The topological polar surface area (TPSA) is 56.8 Å². The summed E-state index contributed by atoms with van der Waals surface area (Å²) < 4.78 is 16.1. The van der Waals surface area contributed by atoms with E-state index >= 15 is 0 Å². The van der Waals surface area contributed by atoms with E-state index in [2.05, 4.69) is 5.32 Å². The quantitative estimate of drug-likeness (QED) is 0.617. The molecule has 1 aromatic carbocycles. The summed E-state index contributed by atoms with van der Waals surface area (Å²) in [5.41, 5.74) is 0.923. The number of benzene rings is 1. The van der Waals surface area contributed by atoms with Gasteiger partial charge in [0.15, 0.2) is 6.29 Å². The predicted molar refractivity (Wildman–Crippen MR) is 89.8 cm³/mol. The number of carbonyl (C=O) groups is 1. The van der Waals surface area contributed by atoms with Crippen LogP contribution >= 0.6 is 0 Å². The molecule has 1 N–H and O–H groups in total. The van der Waals surface area contributed by atoms with E-state index in [-0.39, 0.29) is 12.0 Å². The molecule has 0 unspecified atom stereocenters. The normalized spacial score (nSPS) is 20.2. The maximum atomic E-state index is 12.5. The van der Waals surface area contributed by atoms with Crippen molar-refractivity contribution in [3.05, 3.63) is 24.3 Å². The maximum Gasteiger partial charge on any atom is 0.177 e. The Morgan fingerprint density at radius 3 is 2.35 bits per heavy atom. The third-order valence-corrected chi connectivity index (χ3v) is 4.47. The molecule has 2 atom stereocenters. The molecule has 1 aliphatic rings. The molecule has 23 heavy (non-hydrogen) atoms. The third-order valence-electron chi connectivity index (χ3n) is 4.47. The first kappa shape index (κ1) is 17.8. The van der Waals surface area contributed by atoms with Gasteiger partial charge in [0.1, 0.15) is 11.5 Å². The van der Waals surface area contributed by atoms with Crippen molar-refractivity contribution in [2.75, 3.05) is 26.6 Å². The van der Waals surface area contributed by atoms with Crippen LogP contribution in [0.5, 0.6) is 5.75 Å². The number of ether oxygens (including phenoxy) is 3. The van der Waals surface area contributed by atoms with Crippen molar-refractivity contribution < 1.29 is 19.0 Å². The van der Waals surface area contributed by atoms with Gasteiger partial charge in [-0.05, 0) is 37.1 Å². The van der Waals surface area contributed by atoms with Crippen LogP contribution in [0.4, 0.5) is 5.69 Å². The summed E-state index contributed by atoms with van der Waals surface area (Å²) in [6.07, 6.45) is 4.21. The first-order valence-corrected chi connectivity index (χ1v) is 8.18. The first-order chi connectivity index (χ1) is 11.2. The van der Waals surface area contributed by atoms with Crippen molar-refractivity contribution in [3.8, 4) is 5.75 Å². The predicted octanol–water partition coefficient (Wildman–Crippen LogP) is 3.24. The summed E-state index contributed by atoms with van der Waals surface area (Å²) in [6, 6.07) is 7.46. The van der Waals surface area contributed by atoms with Crippen LogP contribution < -0.4 is 10.1 Å². The molecule has 2 rings (SSSR count). The number of carbonyl (C=O) groups excluding carboxylic acids is 1. The van der Waals surface area contributed by atoms with E-state index < -0.39 is 6.29 Å². The number of hydrogen-bond acceptors (Lipinski definition) is 5. The molecule has 5 nitrogen and oxygen atoms in total. The van der Waals surface area contributed by atoms with Gasteiger partial charge < -0.3 is 19.5 Å². The Bertz CT molecular complexity index is 484. The van der Waals surface area contributed by atoms with E-state index in [4.69, 9.17) is 14.2 Å². The lowest BCUT2D eigenvalue weighted by atomic mass is 9.90. The minimum atomic E-state index is -0.468. The zero-order valence-corrected chi connectivity index (χ0v) is 14.2. The number of ketones is 1. The number of rotatable bonds is 7. The van der Waals surface area contributed by atoms with Gasteiger partial charge in [0.05, 0.1) is 13.2 Å². The summed E-state index contributed by atoms with van der Waals surface area (Å²) in [4.78, 5) is 12.5. The van der Waals surface area contributed by atoms with Crippen molar-refractivity contribution in [1.29, 1.82) is 0 Å². The fraction of sp³-hybridized carbons (Fsp3) is 0.611. The second kappa shape index (κ2) is 8.89. The Hall–Kier alpha value is -1.59. The molecular formula is C18H27NO4. The summed E-state index contributed by atoms with van der Waals surface area (Å²) in [5.74, 6) is 1.00. The van der Waals surface area contributed by atoms with Gasteiger partial charge in [-0.15, -0.1) is 0 Å². The molecule has 1 aliphatic carbocycles. The monoisotopic (exact) mass is 321 g/mol. The van der Waals surface area contributed by atoms with E-state index in [0.29, 0.717) is 12.2 Å². The van der Waals surface area contributed by atoms with Crippen molar-refractivity contribution >= 4 is 11.5 Å². The van der Waals surface area contributed by atoms with Crippen molar-refractivity contribution in [2.24, 2.45) is 5.92 Å². The highest BCUT2D eigenvalue weighted by Gasteiger charge is 2.35.